The minimum absolute atomic E-state index is 0. The average Bonchev–Trinajstić information content (AvgIpc) is 3.57. The molecule has 3 heteroatoms. The van der Waals surface area contributed by atoms with Gasteiger partial charge in [0.2, 0.25) is 0 Å². The van der Waals surface area contributed by atoms with E-state index in [1.165, 1.54) is 44.1 Å². The summed E-state index contributed by atoms with van der Waals surface area (Å²) in [6.45, 7) is 26.3. The normalized spacial score (nSPS) is 51.6. The Morgan fingerprint density at radius 1 is 0.700 bits per heavy atom. The Morgan fingerprint density at radius 3 is 1.70 bits per heavy atom. The van der Waals surface area contributed by atoms with Crippen LogP contribution < -0.4 is 24.8 Å². The number of rotatable bonds is 2. The summed E-state index contributed by atoms with van der Waals surface area (Å²) in [4.78, 5) is 0. The third-order valence-corrected chi connectivity index (χ3v) is 21.1. The fourth-order valence-corrected chi connectivity index (χ4v) is 18.4. The van der Waals surface area contributed by atoms with Crippen molar-refractivity contribution in [1.29, 1.82) is 0 Å². The van der Waals surface area contributed by atoms with Gasteiger partial charge in [0, 0.05) is 0 Å². The zero-order valence-electron chi connectivity index (χ0n) is 32.4. The van der Waals surface area contributed by atoms with Crippen LogP contribution in [0.3, 0.4) is 0 Å². The molecule has 10 aliphatic rings. The van der Waals surface area contributed by atoms with Crippen LogP contribution in [0.25, 0.3) is 0 Å². The van der Waals surface area contributed by atoms with Gasteiger partial charge in [-0.1, -0.05) is 0 Å². The molecular formula is C47H59Cl2Zr. The topological polar surface area (TPSA) is 0 Å². The average molecular weight is 786 g/mol. The first kappa shape index (κ1) is 37.4. The maximum absolute atomic E-state index is 2.79. The molecule has 0 aromatic rings. The molecule has 0 spiro atoms. The van der Waals surface area contributed by atoms with E-state index in [0.29, 0.717) is 9.04 Å². The second-order valence-electron chi connectivity index (χ2n) is 19.8. The number of fused-ring (bicyclic) bond motifs is 8. The Bertz CT molecular complexity index is 1800. The summed E-state index contributed by atoms with van der Waals surface area (Å²) in [7, 11) is 0. The van der Waals surface area contributed by atoms with Gasteiger partial charge in [0.05, 0.1) is 0 Å². The van der Waals surface area contributed by atoms with Crippen LogP contribution in [0.15, 0.2) is 106 Å². The minimum atomic E-state index is -0.0722. The molecule has 8 unspecified atom stereocenters. The van der Waals surface area contributed by atoms with Gasteiger partial charge in [0.25, 0.3) is 0 Å². The Kier molecular flexibility index (Phi) is 8.31. The second-order valence-corrected chi connectivity index (χ2v) is 21.3. The number of allylic oxidation sites excluding steroid dienone is 18. The van der Waals surface area contributed by atoms with Gasteiger partial charge in [-0.3, -0.25) is 0 Å². The summed E-state index contributed by atoms with van der Waals surface area (Å²) in [6, 6.07) is 0. The van der Waals surface area contributed by atoms with E-state index in [1.807, 2.05) is 0 Å². The predicted octanol–water partition coefficient (Wildman–Crippen LogP) is 6.72. The van der Waals surface area contributed by atoms with E-state index >= 15 is 0 Å². The summed E-state index contributed by atoms with van der Waals surface area (Å²) in [5.74, 6) is 2.89. The molecular weight excluding hydrogens is 727 g/mol. The first-order valence-electron chi connectivity index (χ1n) is 19.5. The molecule has 0 saturated heterocycles. The largest absolute Gasteiger partial charge is 1.00 e. The molecule has 8 atom stereocenters. The molecule has 10 aliphatic carbocycles. The monoisotopic (exact) mass is 783 g/mol. The fraction of sp³-hybridized carbons (Fsp3) is 0.617. The van der Waals surface area contributed by atoms with Crippen molar-refractivity contribution in [2.75, 3.05) is 0 Å². The Hall–Kier alpha value is -0.877. The SMILES string of the molecule is CC(C)=C1C=C2[CH]([Zr+2])C3(C)C4(C)C=CC=CC4(C)C4(C)C=CC=CC4(C)C3(C)C2(C)C(C)=C1C1=C(C23CC4CC(CC(C4)C2)C3)C=CC1.[Cl-].[Cl-]. The summed E-state index contributed by atoms with van der Waals surface area (Å²) >= 11 is 1.67. The smallest absolute Gasteiger partial charge is 1.00 e. The van der Waals surface area contributed by atoms with Gasteiger partial charge in [0.15, 0.2) is 0 Å². The van der Waals surface area contributed by atoms with Crippen LogP contribution in [0.4, 0.5) is 0 Å². The first-order chi connectivity index (χ1) is 22.5. The summed E-state index contributed by atoms with van der Waals surface area (Å²) in [5, 5.41) is 0. The van der Waals surface area contributed by atoms with Gasteiger partial charge in [-0.15, -0.1) is 0 Å². The third kappa shape index (κ3) is 3.68. The molecule has 50 heavy (non-hydrogen) atoms. The van der Waals surface area contributed by atoms with Gasteiger partial charge in [-0.05, 0) is 0 Å². The van der Waals surface area contributed by atoms with E-state index in [9.17, 15) is 0 Å². The molecule has 0 heterocycles. The minimum Gasteiger partial charge on any atom is -1.00 e. The van der Waals surface area contributed by atoms with Gasteiger partial charge < -0.3 is 24.8 Å². The molecule has 6 fully saturated rings. The van der Waals surface area contributed by atoms with Gasteiger partial charge in [-0.2, -0.15) is 0 Å². The van der Waals surface area contributed by atoms with Crippen LogP contribution in [0, 0.1) is 61.1 Å². The second kappa shape index (κ2) is 11.1. The standard InChI is InChI=1S/C47H59.2ClH.Zr/c1-30(2)37-25-35-29-44(8)42(6)20-12-11-18-40(42,4)41(5)19-13-14-21-43(41,7)46(44,10)45(35,9)31(3)39(37)36-16-15-17-38(36)47-26-32-22-33(27-47)24-34(23-32)28-47;;;/h11-15,17-21,25,29,32-34H,16,22-24,26-28H2,1-10H3;2*1H;/q;;;+2/p-2. The van der Waals surface area contributed by atoms with Crippen molar-refractivity contribution < 1.29 is 49.5 Å². The number of hydrogen-bond donors (Lipinski definition) is 0. The summed E-state index contributed by atoms with van der Waals surface area (Å²) in [6.07, 6.45) is 38.1. The van der Waals surface area contributed by atoms with Crippen LogP contribution in [-0.4, -0.2) is 0 Å². The van der Waals surface area contributed by atoms with E-state index in [1.54, 1.807) is 58.2 Å². The van der Waals surface area contributed by atoms with Crippen molar-refractivity contribution >= 4 is 0 Å². The maximum atomic E-state index is 2.79. The van der Waals surface area contributed by atoms with E-state index in [2.05, 4.69) is 136 Å². The zero-order valence-corrected chi connectivity index (χ0v) is 36.3. The van der Waals surface area contributed by atoms with Crippen LogP contribution >= 0.6 is 0 Å². The molecule has 4 bridgehead atoms. The summed E-state index contributed by atoms with van der Waals surface area (Å²) in [5.41, 5.74) is 11.7. The Morgan fingerprint density at radius 2 is 1.18 bits per heavy atom. The van der Waals surface area contributed by atoms with Gasteiger partial charge in [-0.25, -0.2) is 0 Å². The van der Waals surface area contributed by atoms with Crippen molar-refractivity contribution in [3.63, 3.8) is 0 Å². The third-order valence-electron chi connectivity index (χ3n) is 18.9. The zero-order chi connectivity index (χ0) is 34.1. The van der Waals surface area contributed by atoms with Crippen molar-refractivity contribution in [2.24, 2.45) is 61.1 Å². The van der Waals surface area contributed by atoms with E-state index in [-0.39, 0.29) is 62.7 Å². The molecule has 0 N–H and O–H groups in total. The molecule has 0 aromatic heterocycles. The fourth-order valence-electron chi connectivity index (χ4n) is 16.0. The van der Waals surface area contributed by atoms with Crippen LogP contribution in [0.2, 0.25) is 3.63 Å². The molecule has 0 aromatic carbocycles. The molecule has 6 saturated carbocycles. The van der Waals surface area contributed by atoms with Crippen molar-refractivity contribution in [2.45, 2.75) is 118 Å². The Balaban J connectivity index is 0.00000196. The van der Waals surface area contributed by atoms with Crippen LogP contribution in [0.5, 0.6) is 0 Å². The first-order valence-corrected chi connectivity index (χ1v) is 20.9. The molecule has 0 aliphatic heterocycles. The number of halogens is 2. The van der Waals surface area contributed by atoms with Crippen LogP contribution in [-0.2, 0) is 24.7 Å². The van der Waals surface area contributed by atoms with Gasteiger partial charge >= 0.3 is 309 Å². The van der Waals surface area contributed by atoms with E-state index in [4.69, 9.17) is 0 Å². The molecule has 0 nitrogen and oxygen atoms in total. The Labute approximate surface area is 332 Å². The molecule has 0 radical (unpaired) electrons. The van der Waals surface area contributed by atoms with Crippen LogP contribution in [0.1, 0.15) is 114 Å². The molecule has 10 rings (SSSR count). The summed E-state index contributed by atoms with van der Waals surface area (Å²) < 4.78 is 0.519. The maximum Gasteiger partial charge on any atom is -1.00 e. The van der Waals surface area contributed by atoms with Crippen molar-refractivity contribution in [1.82, 2.24) is 0 Å². The number of hydrogen-bond acceptors (Lipinski definition) is 0. The van der Waals surface area contributed by atoms with Crippen molar-refractivity contribution in [3.05, 3.63) is 106 Å². The molecule has 265 valence electrons. The quantitative estimate of drug-likeness (QED) is 0.292. The molecule has 0 amide bonds. The van der Waals surface area contributed by atoms with Gasteiger partial charge in [0.1, 0.15) is 0 Å². The van der Waals surface area contributed by atoms with Crippen molar-refractivity contribution in [3.8, 4) is 0 Å². The predicted molar refractivity (Wildman–Crippen MR) is 198 cm³/mol. The van der Waals surface area contributed by atoms with E-state index in [0.717, 1.165) is 24.2 Å². The van der Waals surface area contributed by atoms with E-state index < -0.39 is 0 Å².